The summed E-state index contributed by atoms with van der Waals surface area (Å²) < 4.78 is 43.4. The van der Waals surface area contributed by atoms with E-state index in [4.69, 9.17) is 9.72 Å². The Kier molecular flexibility index (Phi) is 9.26. The number of benzene rings is 1. The van der Waals surface area contributed by atoms with Gasteiger partial charge in [-0.1, -0.05) is 19.6 Å². The highest BCUT2D eigenvalue weighted by Gasteiger charge is 2.25. The molecule has 3 aromatic rings. The lowest BCUT2D eigenvalue weighted by Crippen LogP contribution is -2.24. The van der Waals surface area contributed by atoms with E-state index in [0.717, 1.165) is 22.9 Å². The van der Waals surface area contributed by atoms with Gasteiger partial charge in [0.15, 0.2) is 11.1 Å². The Labute approximate surface area is 203 Å². The zero-order valence-corrected chi connectivity index (χ0v) is 21.6. The number of nitrogens with zero attached hydrogens (tertiary/aromatic N) is 3. The number of pyridine rings is 1. The largest absolute Gasteiger partial charge is 0.396 e. The van der Waals surface area contributed by atoms with Gasteiger partial charge < -0.3 is 19.0 Å². The van der Waals surface area contributed by atoms with Gasteiger partial charge in [-0.05, 0) is 48.9 Å². The molecule has 3 rings (SSSR count). The number of halogens is 1. The van der Waals surface area contributed by atoms with Crippen molar-refractivity contribution in [2.45, 2.75) is 50.5 Å². The van der Waals surface area contributed by atoms with Crippen LogP contribution >= 0.6 is 0 Å². The smallest absolute Gasteiger partial charge is 0.156 e. The van der Waals surface area contributed by atoms with E-state index in [2.05, 4.69) is 24.6 Å². The first-order chi connectivity index (χ1) is 16.2. The molecule has 0 fully saturated rings. The van der Waals surface area contributed by atoms with E-state index < -0.39 is 24.4 Å². The fraction of sp³-hybridized carbons (Fsp3) is 0.417. The van der Waals surface area contributed by atoms with Gasteiger partial charge in [-0.3, -0.25) is 4.98 Å². The molecule has 2 aromatic heterocycles. The molecule has 0 bridgehead atoms. The molecular weight excluding hydrogens is 473 g/mol. The number of aliphatic hydroxyl groups is 1. The first-order valence-electron chi connectivity index (χ1n) is 11.2. The first-order valence-corrected chi connectivity index (χ1v) is 16.1. The Morgan fingerprint density at radius 1 is 1.12 bits per heavy atom. The maximum atomic E-state index is 13.7. The van der Waals surface area contributed by atoms with Gasteiger partial charge in [0.05, 0.1) is 16.6 Å². The van der Waals surface area contributed by atoms with Gasteiger partial charge in [-0.25, -0.2) is 13.6 Å². The highest BCUT2D eigenvalue weighted by atomic mass is 32.2. The first kappa shape index (κ1) is 26.4. The van der Waals surface area contributed by atoms with E-state index in [1.165, 1.54) is 12.1 Å². The van der Waals surface area contributed by atoms with Crippen LogP contribution in [-0.2, 0) is 29.0 Å². The highest BCUT2D eigenvalue weighted by molar-refractivity contribution is 7.79. The Bertz CT molecular complexity index is 1090. The Morgan fingerprint density at radius 2 is 1.79 bits per heavy atom. The number of hydrogen-bond acceptors (Lipinski definition) is 5. The van der Waals surface area contributed by atoms with E-state index in [-0.39, 0.29) is 32.0 Å². The van der Waals surface area contributed by atoms with Crippen LogP contribution in [0.3, 0.4) is 0 Å². The van der Waals surface area contributed by atoms with Crippen LogP contribution in [0.1, 0.15) is 12.2 Å². The normalized spacial score (nSPS) is 13.7. The summed E-state index contributed by atoms with van der Waals surface area (Å²) in [6, 6.07) is 10.8. The molecule has 0 saturated heterocycles. The van der Waals surface area contributed by atoms with Crippen LogP contribution in [0.25, 0.3) is 22.5 Å². The number of rotatable bonds is 12. The molecule has 2 atom stereocenters. The predicted octanol–water partition coefficient (Wildman–Crippen LogP) is 4.58. The van der Waals surface area contributed by atoms with E-state index in [0.29, 0.717) is 18.1 Å². The molecule has 0 aliphatic rings. The molecule has 0 spiro atoms. The van der Waals surface area contributed by atoms with Crippen LogP contribution in [0.2, 0.25) is 25.7 Å². The summed E-state index contributed by atoms with van der Waals surface area (Å²) in [4.78, 5) is 8.94. The molecule has 0 aliphatic heterocycles. The third kappa shape index (κ3) is 7.13. The second kappa shape index (κ2) is 11.9. The predicted molar refractivity (Wildman–Crippen MR) is 135 cm³/mol. The number of aromatic nitrogens is 3. The molecule has 1 aromatic carbocycles. The van der Waals surface area contributed by atoms with Gasteiger partial charge >= 0.3 is 0 Å². The summed E-state index contributed by atoms with van der Waals surface area (Å²) >= 11 is -2.13. The van der Waals surface area contributed by atoms with Crippen LogP contribution in [0, 0.1) is 5.82 Å². The van der Waals surface area contributed by atoms with Gasteiger partial charge in [0.1, 0.15) is 18.4 Å². The zero-order valence-electron chi connectivity index (χ0n) is 19.8. The van der Waals surface area contributed by atoms with E-state index >= 15 is 0 Å². The van der Waals surface area contributed by atoms with E-state index in [9.17, 15) is 18.3 Å². The topological polar surface area (TPSA) is 97.5 Å². The van der Waals surface area contributed by atoms with Gasteiger partial charge in [0.25, 0.3) is 0 Å². The second-order valence-corrected chi connectivity index (χ2v) is 16.2. The van der Waals surface area contributed by atoms with Gasteiger partial charge in [0.2, 0.25) is 0 Å². The van der Waals surface area contributed by atoms with Crippen molar-refractivity contribution in [2.75, 3.05) is 13.2 Å². The molecule has 2 heterocycles. The summed E-state index contributed by atoms with van der Waals surface area (Å²) in [5.74, 6) is 0.227. The number of hydrogen-bond donors (Lipinski definition) is 2. The maximum absolute atomic E-state index is 13.7. The van der Waals surface area contributed by atoms with E-state index in [1.807, 2.05) is 16.7 Å². The molecule has 0 aliphatic carbocycles. The lowest BCUT2D eigenvalue weighted by Gasteiger charge is -2.18. The second-order valence-electron chi connectivity index (χ2n) is 9.36. The fourth-order valence-corrected chi connectivity index (χ4v) is 4.92. The molecule has 0 radical (unpaired) electrons. The minimum absolute atomic E-state index is 0.170. The minimum Gasteiger partial charge on any atom is -0.396 e. The maximum Gasteiger partial charge on any atom is 0.156 e. The van der Waals surface area contributed by atoms with Crippen molar-refractivity contribution in [3.63, 3.8) is 0 Å². The molecule has 7 nitrogen and oxygen atoms in total. The fourth-order valence-electron chi connectivity index (χ4n) is 3.56. The van der Waals surface area contributed by atoms with Gasteiger partial charge in [0, 0.05) is 51.2 Å². The monoisotopic (exact) mass is 505 g/mol. The molecule has 2 N–H and O–H groups in total. The van der Waals surface area contributed by atoms with Crippen molar-refractivity contribution >= 4 is 19.2 Å². The van der Waals surface area contributed by atoms with Gasteiger partial charge in [-0.15, -0.1) is 0 Å². The SMILES string of the molecule is C[Si](C)(C)CCOCn1c(CC(CCO)S(=O)O)nc(-c2ccncc2)c1-c1ccc(F)cc1. The third-order valence-corrected chi connectivity index (χ3v) is 8.16. The summed E-state index contributed by atoms with van der Waals surface area (Å²) in [5.41, 5.74) is 2.97. The molecule has 10 heteroatoms. The summed E-state index contributed by atoms with van der Waals surface area (Å²) in [6.45, 7) is 7.43. The van der Waals surface area contributed by atoms with Crippen molar-refractivity contribution in [1.82, 2.24) is 14.5 Å². The van der Waals surface area contributed by atoms with Gasteiger partial charge in [-0.2, -0.15) is 0 Å². The van der Waals surface area contributed by atoms with Crippen LogP contribution < -0.4 is 0 Å². The van der Waals surface area contributed by atoms with Crippen molar-refractivity contribution < 1.29 is 23.0 Å². The quantitative estimate of drug-likeness (QED) is 0.212. The number of aliphatic hydroxyl groups excluding tert-OH is 1. The van der Waals surface area contributed by atoms with Crippen molar-refractivity contribution in [3.05, 3.63) is 60.4 Å². The average Bonchev–Trinajstić information content (AvgIpc) is 3.15. The summed E-state index contributed by atoms with van der Waals surface area (Å²) in [6.07, 6.45) is 3.69. The Morgan fingerprint density at radius 3 is 2.38 bits per heavy atom. The third-order valence-electron chi connectivity index (χ3n) is 5.48. The highest BCUT2D eigenvalue weighted by Crippen LogP contribution is 2.34. The average molecular weight is 506 g/mol. The van der Waals surface area contributed by atoms with Crippen molar-refractivity contribution in [1.29, 1.82) is 0 Å². The van der Waals surface area contributed by atoms with Crippen LogP contribution in [0.15, 0.2) is 48.8 Å². The van der Waals surface area contributed by atoms with Crippen molar-refractivity contribution in [3.8, 4) is 22.5 Å². The Balaban J connectivity index is 2.10. The standard InChI is InChI=1S/C24H32FN3O4SSi/c1-34(2,3)15-14-32-17-28-22(16-21(10-13-29)33(30)31)27-23(18-8-11-26-12-9-18)24(28)19-4-6-20(25)7-5-19/h4-9,11-12,21,29H,10,13-17H2,1-3H3,(H,30,31). The summed E-state index contributed by atoms with van der Waals surface area (Å²) in [7, 11) is -1.29. The van der Waals surface area contributed by atoms with Crippen molar-refractivity contribution in [2.24, 2.45) is 0 Å². The lowest BCUT2D eigenvalue weighted by atomic mass is 10.1. The number of imidazole rings is 1. The molecule has 34 heavy (non-hydrogen) atoms. The zero-order chi connectivity index (χ0) is 24.7. The molecule has 2 unspecified atom stereocenters. The molecule has 0 amide bonds. The minimum atomic E-state index is -2.13. The molecular formula is C24H32FN3O4SSi. The van der Waals surface area contributed by atoms with E-state index in [1.54, 1.807) is 24.5 Å². The molecule has 0 saturated carbocycles. The summed E-state index contributed by atoms with van der Waals surface area (Å²) in [5, 5.41) is 8.71. The van der Waals surface area contributed by atoms with Crippen LogP contribution in [-0.4, -0.2) is 54.9 Å². The Hall–Kier alpha value is -2.24. The number of ether oxygens (including phenoxy) is 1. The lowest BCUT2D eigenvalue weighted by molar-refractivity contribution is 0.0861. The van der Waals surface area contributed by atoms with Crippen LogP contribution in [0.5, 0.6) is 0 Å². The molecule has 184 valence electrons. The van der Waals surface area contributed by atoms with Crippen LogP contribution in [0.4, 0.5) is 4.39 Å².